The summed E-state index contributed by atoms with van der Waals surface area (Å²) >= 11 is 1.54. The van der Waals surface area contributed by atoms with Crippen molar-refractivity contribution < 1.29 is 22.6 Å². The topological polar surface area (TPSA) is 28.2 Å². The van der Waals surface area contributed by atoms with Gasteiger partial charge in [-0.25, -0.2) is 0 Å². The Hall–Kier alpha value is -1.78. The summed E-state index contributed by atoms with van der Waals surface area (Å²) in [4.78, 5) is 8.88. The van der Waals surface area contributed by atoms with Crippen LogP contribution in [0.15, 0.2) is 52.3 Å². The third-order valence-corrected chi connectivity index (χ3v) is 7.93. The lowest BCUT2D eigenvalue weighted by atomic mass is 10.1. The van der Waals surface area contributed by atoms with Crippen LogP contribution in [-0.4, -0.2) is 74.1 Å². The van der Waals surface area contributed by atoms with E-state index >= 15 is 0 Å². The second-order valence-corrected chi connectivity index (χ2v) is 10.9. The average Bonchev–Trinajstić information content (AvgIpc) is 3.16. The summed E-state index contributed by atoms with van der Waals surface area (Å²) in [6.07, 6.45) is -3.36. The van der Waals surface area contributed by atoms with E-state index in [-0.39, 0.29) is 6.10 Å². The average molecular weight is 508 g/mol. The predicted molar refractivity (Wildman–Crippen MR) is 131 cm³/mol. The highest BCUT2D eigenvalue weighted by Gasteiger charge is 2.35. The van der Waals surface area contributed by atoms with Gasteiger partial charge < -0.3 is 19.3 Å². The molecule has 5 nitrogen and oxygen atoms in total. The number of benzene rings is 2. The fourth-order valence-electron chi connectivity index (χ4n) is 5.04. The van der Waals surface area contributed by atoms with E-state index in [4.69, 9.17) is 9.47 Å². The molecular formula is C26H32F3N3O2S. The highest BCUT2D eigenvalue weighted by molar-refractivity contribution is 7.99. The van der Waals surface area contributed by atoms with Crippen molar-refractivity contribution in [2.45, 2.75) is 48.1 Å². The molecule has 1 atom stereocenters. The summed E-state index contributed by atoms with van der Waals surface area (Å²) in [5, 5.41) is 0. The molecule has 3 heterocycles. The van der Waals surface area contributed by atoms with E-state index < -0.39 is 17.5 Å². The molecule has 2 fully saturated rings. The van der Waals surface area contributed by atoms with Crippen LogP contribution >= 0.6 is 11.8 Å². The first kappa shape index (κ1) is 24.9. The Morgan fingerprint density at radius 3 is 2.37 bits per heavy atom. The molecule has 0 aromatic heterocycles. The lowest BCUT2D eigenvalue weighted by molar-refractivity contribution is -0.141. The van der Waals surface area contributed by atoms with Crippen molar-refractivity contribution >= 4 is 23.1 Å². The van der Waals surface area contributed by atoms with E-state index in [0.29, 0.717) is 18.8 Å². The number of ether oxygens (including phenoxy) is 2. The van der Waals surface area contributed by atoms with Crippen molar-refractivity contribution in [1.29, 1.82) is 0 Å². The van der Waals surface area contributed by atoms with Crippen LogP contribution in [-0.2, 0) is 15.7 Å². The molecule has 0 aliphatic carbocycles. The molecule has 9 heteroatoms. The van der Waals surface area contributed by atoms with Crippen LogP contribution in [0.3, 0.4) is 0 Å². The van der Waals surface area contributed by atoms with E-state index in [9.17, 15) is 13.2 Å². The molecule has 0 radical (unpaired) electrons. The van der Waals surface area contributed by atoms with Gasteiger partial charge in [-0.2, -0.15) is 13.2 Å². The van der Waals surface area contributed by atoms with E-state index in [0.717, 1.165) is 61.2 Å². The largest absolute Gasteiger partial charge is 0.416 e. The van der Waals surface area contributed by atoms with Gasteiger partial charge in [-0.3, -0.25) is 4.90 Å². The lowest BCUT2D eigenvalue weighted by Crippen LogP contribution is -2.49. The molecule has 0 saturated carbocycles. The number of piperazine rings is 1. The first-order valence-electron chi connectivity index (χ1n) is 12.2. The summed E-state index contributed by atoms with van der Waals surface area (Å²) in [7, 11) is 0. The SMILES string of the molecule is CC1(C)OCC(CN2CCN(CCCN3c4ccccc4Sc4ccc(C(F)(F)F)cc43)CC2)O1. The number of halogens is 3. The van der Waals surface area contributed by atoms with Crippen LogP contribution in [0.5, 0.6) is 0 Å². The number of hydrogen-bond donors (Lipinski definition) is 0. The van der Waals surface area contributed by atoms with E-state index in [1.165, 1.54) is 23.9 Å². The van der Waals surface area contributed by atoms with E-state index in [2.05, 4.69) is 14.7 Å². The highest BCUT2D eigenvalue weighted by Crippen LogP contribution is 2.49. The highest BCUT2D eigenvalue weighted by atomic mass is 32.2. The molecule has 0 bridgehead atoms. The molecular weight excluding hydrogens is 475 g/mol. The lowest BCUT2D eigenvalue weighted by Gasteiger charge is -2.37. The van der Waals surface area contributed by atoms with Crippen molar-refractivity contribution in [2.24, 2.45) is 0 Å². The van der Waals surface area contributed by atoms with E-state index in [1.54, 1.807) is 6.07 Å². The first-order valence-corrected chi connectivity index (χ1v) is 13.0. The summed E-state index contributed by atoms with van der Waals surface area (Å²) in [5.74, 6) is -0.489. The Bertz CT molecular complexity index is 1040. The molecule has 35 heavy (non-hydrogen) atoms. The maximum Gasteiger partial charge on any atom is 0.416 e. The Kier molecular flexibility index (Phi) is 7.07. The monoisotopic (exact) mass is 507 g/mol. The minimum absolute atomic E-state index is 0.121. The van der Waals surface area contributed by atoms with Gasteiger partial charge in [-0.15, -0.1) is 0 Å². The molecule has 5 rings (SSSR count). The molecule has 0 spiro atoms. The fraction of sp³-hybridized carbons (Fsp3) is 0.538. The van der Waals surface area contributed by atoms with E-state index in [1.807, 2.05) is 38.1 Å². The maximum atomic E-state index is 13.4. The maximum absolute atomic E-state index is 13.4. The third-order valence-electron chi connectivity index (χ3n) is 6.80. The second-order valence-electron chi connectivity index (χ2n) is 9.85. The second kappa shape index (κ2) is 9.94. The van der Waals surface area contributed by atoms with Gasteiger partial charge >= 0.3 is 6.18 Å². The van der Waals surface area contributed by atoms with Crippen LogP contribution in [0.25, 0.3) is 0 Å². The van der Waals surface area contributed by atoms with Crippen molar-refractivity contribution in [2.75, 3.05) is 57.3 Å². The van der Waals surface area contributed by atoms with Gasteiger partial charge in [-0.05, 0) is 57.1 Å². The normalized spacial score (nSPS) is 22.8. The standard InChI is InChI=1S/C26H32F3N3O2S/c1-25(2)33-18-20(34-25)17-31-14-12-30(13-15-31)10-5-11-32-21-6-3-4-7-23(21)35-24-9-8-19(16-22(24)32)26(27,28)29/h3-4,6-9,16,20H,5,10-15,17-18H2,1-2H3. The summed E-state index contributed by atoms with van der Waals surface area (Å²) in [5.41, 5.74) is 1.03. The van der Waals surface area contributed by atoms with Gasteiger partial charge in [0.2, 0.25) is 0 Å². The van der Waals surface area contributed by atoms with Crippen molar-refractivity contribution in [1.82, 2.24) is 9.80 Å². The quantitative estimate of drug-likeness (QED) is 0.515. The van der Waals surface area contributed by atoms with Crippen LogP contribution in [0, 0.1) is 0 Å². The molecule has 0 amide bonds. The predicted octanol–water partition coefficient (Wildman–Crippen LogP) is 5.47. The first-order chi connectivity index (χ1) is 16.7. The van der Waals surface area contributed by atoms with Crippen molar-refractivity contribution in [3.8, 4) is 0 Å². The Balaban J connectivity index is 1.18. The Morgan fingerprint density at radius 1 is 0.943 bits per heavy atom. The number of para-hydroxylation sites is 1. The van der Waals surface area contributed by atoms with Gasteiger partial charge in [0.25, 0.3) is 0 Å². The number of nitrogens with zero attached hydrogens (tertiary/aromatic N) is 3. The van der Waals surface area contributed by atoms with Gasteiger partial charge in [0.1, 0.15) is 0 Å². The van der Waals surface area contributed by atoms with Crippen LogP contribution in [0.4, 0.5) is 24.5 Å². The molecule has 0 N–H and O–H groups in total. The number of fused-ring (bicyclic) bond motifs is 2. The molecule has 2 aromatic rings. The fourth-order valence-corrected chi connectivity index (χ4v) is 6.11. The number of alkyl halides is 3. The van der Waals surface area contributed by atoms with Gasteiger partial charge in [0.05, 0.1) is 29.6 Å². The van der Waals surface area contributed by atoms with Gasteiger partial charge in [0.15, 0.2) is 5.79 Å². The minimum Gasteiger partial charge on any atom is -0.348 e. The van der Waals surface area contributed by atoms with Gasteiger partial charge in [0, 0.05) is 49.1 Å². The van der Waals surface area contributed by atoms with Crippen LogP contribution < -0.4 is 4.90 Å². The summed E-state index contributed by atoms with van der Waals surface area (Å²) in [6, 6.07) is 12.0. The zero-order chi connectivity index (χ0) is 24.6. The summed E-state index contributed by atoms with van der Waals surface area (Å²) < 4.78 is 51.9. The zero-order valence-corrected chi connectivity index (χ0v) is 21.0. The summed E-state index contributed by atoms with van der Waals surface area (Å²) in [6.45, 7) is 11.0. The zero-order valence-electron chi connectivity index (χ0n) is 20.2. The molecule has 3 aliphatic heterocycles. The Labute approximate surface area is 209 Å². The van der Waals surface area contributed by atoms with Crippen LogP contribution in [0.2, 0.25) is 0 Å². The number of rotatable bonds is 6. The van der Waals surface area contributed by atoms with Crippen LogP contribution in [0.1, 0.15) is 25.8 Å². The number of anilines is 2. The van der Waals surface area contributed by atoms with Gasteiger partial charge in [-0.1, -0.05) is 23.9 Å². The smallest absolute Gasteiger partial charge is 0.348 e. The third kappa shape index (κ3) is 5.80. The van der Waals surface area contributed by atoms with Crippen molar-refractivity contribution in [3.63, 3.8) is 0 Å². The molecule has 2 aromatic carbocycles. The molecule has 2 saturated heterocycles. The minimum atomic E-state index is -4.35. The molecule has 1 unspecified atom stereocenters. The molecule has 3 aliphatic rings. The number of hydrogen-bond acceptors (Lipinski definition) is 6. The Morgan fingerprint density at radius 2 is 1.66 bits per heavy atom. The van der Waals surface area contributed by atoms with Crippen molar-refractivity contribution in [3.05, 3.63) is 48.0 Å². The molecule has 190 valence electrons.